The lowest BCUT2D eigenvalue weighted by atomic mass is 9.88. The zero-order valence-electron chi connectivity index (χ0n) is 18.1. The summed E-state index contributed by atoms with van der Waals surface area (Å²) >= 11 is 0. The molecule has 1 aromatic carbocycles. The number of nitrogens with zero attached hydrogens (tertiary/aromatic N) is 1. The van der Waals surface area contributed by atoms with Crippen molar-refractivity contribution in [2.45, 2.75) is 50.9 Å². The van der Waals surface area contributed by atoms with Crippen LogP contribution in [0.1, 0.15) is 36.8 Å². The minimum Gasteiger partial charge on any atom is -0.496 e. The van der Waals surface area contributed by atoms with Crippen LogP contribution in [-0.2, 0) is 20.8 Å². The highest BCUT2D eigenvalue weighted by Gasteiger charge is 2.42. The average molecular weight is 407 g/mol. The number of ether oxygens (including phenoxy) is 4. The quantitative estimate of drug-likeness (QED) is 0.714. The fourth-order valence-corrected chi connectivity index (χ4v) is 4.54. The molecule has 1 N–H and O–H groups in total. The van der Waals surface area contributed by atoms with Gasteiger partial charge >= 0.3 is 0 Å². The van der Waals surface area contributed by atoms with Gasteiger partial charge < -0.3 is 24.3 Å². The number of likely N-dealkylation sites (tertiary alicyclic amines) is 1. The van der Waals surface area contributed by atoms with Crippen molar-refractivity contribution >= 4 is 5.91 Å². The van der Waals surface area contributed by atoms with E-state index in [0.717, 1.165) is 62.4 Å². The van der Waals surface area contributed by atoms with Gasteiger partial charge in [-0.3, -0.25) is 9.69 Å². The van der Waals surface area contributed by atoms with Gasteiger partial charge in [0.1, 0.15) is 18.1 Å². The van der Waals surface area contributed by atoms with Crippen LogP contribution in [-0.4, -0.2) is 70.1 Å². The Kier molecular flexibility index (Phi) is 7.38. The Hall–Kier alpha value is -1.83. The third kappa shape index (κ3) is 5.21. The van der Waals surface area contributed by atoms with Crippen molar-refractivity contribution in [1.82, 2.24) is 10.2 Å². The van der Waals surface area contributed by atoms with E-state index in [1.165, 1.54) is 12.7 Å². The van der Waals surface area contributed by atoms with Crippen LogP contribution < -0.4 is 14.8 Å². The molecule has 29 heavy (non-hydrogen) atoms. The first kappa shape index (κ1) is 21.9. The van der Waals surface area contributed by atoms with Crippen LogP contribution in [0.2, 0.25) is 0 Å². The number of rotatable bonds is 8. The second-order valence-electron chi connectivity index (χ2n) is 8.06. The summed E-state index contributed by atoms with van der Waals surface area (Å²) in [6.45, 7) is 5.55. The van der Waals surface area contributed by atoms with Gasteiger partial charge in [-0.1, -0.05) is 6.07 Å². The third-order valence-electron chi connectivity index (χ3n) is 6.16. The Morgan fingerprint density at radius 1 is 1.21 bits per heavy atom. The molecule has 162 valence electrons. The number of hydrogen-bond acceptors (Lipinski definition) is 6. The molecule has 0 aromatic heterocycles. The molecule has 7 nitrogen and oxygen atoms in total. The minimum atomic E-state index is -0.0874. The predicted molar refractivity (Wildman–Crippen MR) is 111 cm³/mol. The molecule has 2 aliphatic heterocycles. The van der Waals surface area contributed by atoms with Gasteiger partial charge in [0.15, 0.2) is 0 Å². The lowest BCUT2D eigenvalue weighted by Crippen LogP contribution is -2.45. The smallest absolute Gasteiger partial charge is 0.246 e. The van der Waals surface area contributed by atoms with Crippen LogP contribution in [0.5, 0.6) is 11.5 Å². The molecule has 0 bridgehead atoms. The molecule has 2 fully saturated rings. The standard InChI is InChI=1S/C22H34N2O5/c1-16-19(27-3)6-5-17(21(16)28-4)14-24-11-9-22(10-12-24)8-7-18(29-22)13-23-20(25)15-26-2/h5-6,18H,7-15H2,1-4H3,(H,23,25)/t18-/m0/s1. The molecule has 1 amide bonds. The predicted octanol–water partition coefficient (Wildman–Crippen LogP) is 2.29. The SMILES string of the molecule is COCC(=O)NC[C@@H]1CCC2(CCN(Cc3ccc(OC)c(C)c3OC)CC2)O1. The molecule has 1 atom stereocenters. The average Bonchev–Trinajstić information content (AvgIpc) is 3.12. The molecule has 2 heterocycles. The number of nitrogens with one attached hydrogen (secondary N) is 1. The molecule has 7 heteroatoms. The van der Waals surface area contributed by atoms with Gasteiger partial charge in [0, 0.05) is 44.4 Å². The first-order valence-electron chi connectivity index (χ1n) is 10.4. The van der Waals surface area contributed by atoms with Crippen molar-refractivity contribution < 1.29 is 23.7 Å². The molecule has 0 saturated carbocycles. The molecule has 1 spiro atoms. The van der Waals surface area contributed by atoms with Crippen molar-refractivity contribution in [2.75, 3.05) is 47.6 Å². The number of carbonyl (C=O) groups excluding carboxylic acids is 1. The monoisotopic (exact) mass is 406 g/mol. The highest BCUT2D eigenvalue weighted by molar-refractivity contribution is 5.77. The van der Waals surface area contributed by atoms with Gasteiger partial charge in [-0.05, 0) is 38.7 Å². The van der Waals surface area contributed by atoms with Gasteiger partial charge in [-0.25, -0.2) is 0 Å². The van der Waals surface area contributed by atoms with E-state index in [1.54, 1.807) is 14.2 Å². The molecule has 0 radical (unpaired) electrons. The van der Waals surface area contributed by atoms with Crippen LogP contribution in [0.15, 0.2) is 12.1 Å². The first-order chi connectivity index (χ1) is 14.0. The summed E-state index contributed by atoms with van der Waals surface area (Å²) in [5, 5.41) is 2.89. The Balaban J connectivity index is 1.51. The Bertz CT molecular complexity index is 701. The van der Waals surface area contributed by atoms with E-state index in [9.17, 15) is 4.79 Å². The zero-order chi connectivity index (χ0) is 20.9. The number of piperidine rings is 1. The number of carbonyl (C=O) groups is 1. The summed E-state index contributed by atoms with van der Waals surface area (Å²) < 4.78 is 22.3. The lowest BCUT2D eigenvalue weighted by Gasteiger charge is -2.39. The summed E-state index contributed by atoms with van der Waals surface area (Å²) in [5.74, 6) is 1.68. The molecule has 0 unspecified atom stereocenters. The van der Waals surface area contributed by atoms with Gasteiger partial charge in [0.25, 0.3) is 0 Å². The van der Waals surface area contributed by atoms with E-state index >= 15 is 0 Å². The maximum atomic E-state index is 11.6. The van der Waals surface area contributed by atoms with E-state index < -0.39 is 0 Å². The minimum absolute atomic E-state index is 0.0347. The van der Waals surface area contributed by atoms with Crippen LogP contribution in [0.25, 0.3) is 0 Å². The van der Waals surface area contributed by atoms with E-state index in [-0.39, 0.29) is 24.2 Å². The molecular weight excluding hydrogens is 372 g/mol. The highest BCUT2D eigenvalue weighted by atomic mass is 16.5. The van der Waals surface area contributed by atoms with Gasteiger partial charge in [0.2, 0.25) is 5.91 Å². The molecule has 2 aliphatic rings. The summed E-state index contributed by atoms with van der Waals surface area (Å²) in [6, 6.07) is 4.11. The van der Waals surface area contributed by atoms with Crippen molar-refractivity contribution in [3.63, 3.8) is 0 Å². The number of hydrogen-bond donors (Lipinski definition) is 1. The second kappa shape index (κ2) is 9.78. The lowest BCUT2D eigenvalue weighted by molar-refractivity contribution is -0.126. The first-order valence-corrected chi connectivity index (χ1v) is 10.4. The van der Waals surface area contributed by atoms with E-state index in [0.29, 0.717) is 6.54 Å². The highest BCUT2D eigenvalue weighted by Crippen LogP contribution is 2.39. The van der Waals surface area contributed by atoms with Gasteiger partial charge in [0.05, 0.1) is 25.9 Å². The largest absolute Gasteiger partial charge is 0.496 e. The molecule has 1 aromatic rings. The maximum Gasteiger partial charge on any atom is 0.246 e. The second-order valence-corrected chi connectivity index (χ2v) is 8.06. The topological polar surface area (TPSA) is 69.3 Å². The fraction of sp³-hybridized carbons (Fsp3) is 0.682. The Labute approximate surface area is 173 Å². The summed E-state index contributed by atoms with van der Waals surface area (Å²) in [7, 11) is 4.93. The van der Waals surface area contributed by atoms with E-state index in [2.05, 4.69) is 16.3 Å². The maximum absolute atomic E-state index is 11.6. The van der Waals surface area contributed by atoms with Gasteiger partial charge in [-0.2, -0.15) is 0 Å². The Morgan fingerprint density at radius 3 is 2.62 bits per heavy atom. The van der Waals surface area contributed by atoms with Crippen molar-refractivity contribution in [3.05, 3.63) is 23.3 Å². The molecule has 2 saturated heterocycles. The molecular formula is C22H34N2O5. The fourth-order valence-electron chi connectivity index (χ4n) is 4.54. The van der Waals surface area contributed by atoms with E-state index in [1.807, 2.05) is 13.0 Å². The van der Waals surface area contributed by atoms with Crippen molar-refractivity contribution in [3.8, 4) is 11.5 Å². The number of amides is 1. The summed E-state index contributed by atoms with van der Waals surface area (Å²) in [6.07, 6.45) is 4.21. The number of benzene rings is 1. The molecule has 0 aliphatic carbocycles. The van der Waals surface area contributed by atoms with Crippen molar-refractivity contribution in [2.24, 2.45) is 0 Å². The summed E-state index contributed by atoms with van der Waals surface area (Å²) in [5.41, 5.74) is 2.19. The van der Waals surface area contributed by atoms with Gasteiger partial charge in [-0.15, -0.1) is 0 Å². The van der Waals surface area contributed by atoms with Crippen LogP contribution in [0.4, 0.5) is 0 Å². The van der Waals surface area contributed by atoms with E-state index in [4.69, 9.17) is 18.9 Å². The van der Waals surface area contributed by atoms with Crippen LogP contribution in [0.3, 0.4) is 0 Å². The zero-order valence-corrected chi connectivity index (χ0v) is 18.1. The van der Waals surface area contributed by atoms with Crippen LogP contribution in [0, 0.1) is 6.92 Å². The third-order valence-corrected chi connectivity index (χ3v) is 6.16. The normalized spacial score (nSPS) is 21.3. The van der Waals surface area contributed by atoms with Crippen molar-refractivity contribution in [1.29, 1.82) is 0 Å². The Morgan fingerprint density at radius 2 is 1.97 bits per heavy atom. The van der Waals surface area contributed by atoms with Crippen LogP contribution >= 0.6 is 0 Å². The number of methoxy groups -OCH3 is 3. The molecule has 3 rings (SSSR count). The summed E-state index contributed by atoms with van der Waals surface area (Å²) in [4.78, 5) is 14.0.